The lowest BCUT2D eigenvalue weighted by Crippen LogP contribution is -2.59. The lowest BCUT2D eigenvalue weighted by Gasteiger charge is -2.63. The van der Waals surface area contributed by atoms with Crippen molar-refractivity contribution < 1.29 is 14.6 Å². The maximum atomic E-state index is 13.6. The van der Waals surface area contributed by atoms with Gasteiger partial charge in [0, 0.05) is 19.2 Å². The topological polar surface area (TPSA) is 88.1 Å². The first kappa shape index (κ1) is 22.7. The van der Waals surface area contributed by atoms with E-state index in [1.807, 2.05) is 14.0 Å². The number of nitriles is 1. The molecule has 34 heavy (non-hydrogen) atoms. The normalized spacial score (nSPS) is 48.7. The predicted octanol–water partition coefficient (Wildman–Crippen LogP) is 4.22. The van der Waals surface area contributed by atoms with Gasteiger partial charge in [0.1, 0.15) is 6.07 Å². The van der Waals surface area contributed by atoms with E-state index in [9.17, 15) is 9.90 Å². The van der Waals surface area contributed by atoms with E-state index in [0.717, 1.165) is 32.3 Å². The number of methoxy groups -OCH3 is 1. The van der Waals surface area contributed by atoms with Gasteiger partial charge in [-0.25, -0.2) is 0 Å². The largest absolute Gasteiger partial charge is 0.390 e. The molecule has 184 valence electrons. The summed E-state index contributed by atoms with van der Waals surface area (Å²) in [6.07, 6.45) is 12.0. The second-order valence-corrected chi connectivity index (χ2v) is 13.0. The van der Waals surface area contributed by atoms with Crippen molar-refractivity contribution in [1.82, 2.24) is 9.78 Å². The van der Waals surface area contributed by atoms with Gasteiger partial charge in [-0.2, -0.15) is 10.4 Å². The molecule has 0 aromatic carbocycles. The summed E-state index contributed by atoms with van der Waals surface area (Å²) < 4.78 is 7.56. The minimum atomic E-state index is -0.539. The number of carbonyl (C=O) groups is 1. The highest BCUT2D eigenvalue weighted by Gasteiger charge is 2.72. The fraction of sp³-hybridized carbons (Fsp3) is 0.821. The molecule has 5 fully saturated rings. The van der Waals surface area contributed by atoms with Crippen molar-refractivity contribution in [3.8, 4) is 6.07 Å². The third kappa shape index (κ3) is 3.19. The number of ether oxygens (including phenoxy) is 1. The molecule has 10 atom stereocenters. The van der Waals surface area contributed by atoms with Crippen molar-refractivity contribution in [2.75, 3.05) is 13.7 Å². The predicted molar refractivity (Wildman–Crippen MR) is 126 cm³/mol. The summed E-state index contributed by atoms with van der Waals surface area (Å²) in [4.78, 5) is 13.6. The van der Waals surface area contributed by atoms with E-state index in [1.54, 1.807) is 17.1 Å². The summed E-state index contributed by atoms with van der Waals surface area (Å²) in [5.74, 6) is 4.19. The highest BCUT2D eigenvalue weighted by atomic mass is 16.5. The van der Waals surface area contributed by atoms with E-state index in [2.05, 4.69) is 18.1 Å². The van der Waals surface area contributed by atoms with Gasteiger partial charge in [-0.05, 0) is 105 Å². The molecule has 6 nitrogen and oxygen atoms in total. The van der Waals surface area contributed by atoms with Gasteiger partial charge < -0.3 is 9.84 Å². The Labute approximate surface area is 203 Å². The maximum absolute atomic E-state index is 13.6. The molecule has 6 heteroatoms. The number of rotatable bonds is 5. The number of aliphatic hydroxyl groups is 1. The number of nitrogens with zero attached hydrogens (tertiary/aromatic N) is 3. The monoisotopic (exact) mass is 465 g/mol. The highest BCUT2D eigenvalue weighted by molar-refractivity contribution is 5.83. The number of ketones is 1. The Balaban J connectivity index is 1.27. The lowest BCUT2D eigenvalue weighted by molar-refractivity contribution is -0.179. The fourth-order valence-electron chi connectivity index (χ4n) is 10.1. The fourth-order valence-corrected chi connectivity index (χ4v) is 10.1. The molecular weight excluding hydrogens is 426 g/mol. The van der Waals surface area contributed by atoms with Crippen molar-refractivity contribution in [2.24, 2.45) is 52.3 Å². The molecule has 0 aliphatic heterocycles. The van der Waals surface area contributed by atoms with Gasteiger partial charge in [0.25, 0.3) is 0 Å². The number of carbonyl (C=O) groups excluding carboxylic acids is 1. The average molecular weight is 466 g/mol. The van der Waals surface area contributed by atoms with E-state index in [0.29, 0.717) is 46.9 Å². The zero-order valence-electron chi connectivity index (χ0n) is 20.9. The smallest absolute Gasteiger partial charge is 0.158 e. The van der Waals surface area contributed by atoms with Crippen LogP contribution in [0.5, 0.6) is 0 Å². The van der Waals surface area contributed by atoms with Crippen LogP contribution >= 0.6 is 0 Å². The molecule has 5 saturated carbocycles. The van der Waals surface area contributed by atoms with Gasteiger partial charge in [-0.1, -0.05) is 6.92 Å². The van der Waals surface area contributed by atoms with Crippen molar-refractivity contribution in [3.63, 3.8) is 0 Å². The summed E-state index contributed by atoms with van der Waals surface area (Å²) in [6, 6.07) is 2.11. The molecule has 0 saturated heterocycles. The Bertz CT molecular complexity index is 1030. The average Bonchev–Trinajstić information content (AvgIpc) is 3.30. The van der Waals surface area contributed by atoms with Crippen LogP contribution in [0, 0.1) is 63.6 Å². The van der Waals surface area contributed by atoms with Gasteiger partial charge in [-0.3, -0.25) is 9.48 Å². The van der Waals surface area contributed by atoms with Crippen LogP contribution in [0.4, 0.5) is 0 Å². The second-order valence-electron chi connectivity index (χ2n) is 13.0. The Hall–Kier alpha value is -1.71. The Morgan fingerprint density at radius 3 is 2.79 bits per heavy atom. The molecule has 5 aliphatic rings. The van der Waals surface area contributed by atoms with Crippen LogP contribution in [0.15, 0.2) is 12.4 Å². The Kier molecular flexibility index (Phi) is 5.11. The van der Waals surface area contributed by atoms with Crippen molar-refractivity contribution in [1.29, 1.82) is 5.26 Å². The zero-order chi connectivity index (χ0) is 23.9. The van der Waals surface area contributed by atoms with Crippen LogP contribution in [0.3, 0.4) is 0 Å². The van der Waals surface area contributed by atoms with E-state index in [-0.39, 0.29) is 23.3 Å². The van der Waals surface area contributed by atoms with Crippen molar-refractivity contribution in [2.45, 2.75) is 77.4 Å². The molecule has 6 rings (SSSR count). The molecule has 0 radical (unpaired) electrons. The van der Waals surface area contributed by atoms with Gasteiger partial charge in [0.05, 0.1) is 30.5 Å². The molecule has 0 spiro atoms. The lowest BCUT2D eigenvalue weighted by atomic mass is 9.43. The van der Waals surface area contributed by atoms with Crippen LogP contribution in [0.25, 0.3) is 0 Å². The van der Waals surface area contributed by atoms with Gasteiger partial charge in [0.15, 0.2) is 5.78 Å². The molecule has 1 N–H and O–H groups in total. The first-order valence-electron chi connectivity index (χ1n) is 13.4. The molecule has 1 aromatic rings. The Morgan fingerprint density at radius 1 is 1.24 bits per heavy atom. The standard InChI is InChI=1S/C28H39N3O3/c1-26(33)8-9-28(16-34-3)18(11-26)4-5-19-22(28)6-7-27(2)24(19)20-10-21(20)25(27)23(32)15-31-14-17(12-29)13-30-31/h13-14,18-22,24-25,33H,4-11,15-16H2,1-3H3/t18-,19-,20?,21?,22+,24-,25-,26-,27+,28-/m1/s1. The number of aromatic nitrogens is 2. The molecule has 0 amide bonds. The molecule has 1 aromatic heterocycles. The number of hydrogen-bond donors (Lipinski definition) is 1. The summed E-state index contributed by atoms with van der Waals surface area (Å²) in [5, 5.41) is 24.2. The molecular formula is C28H39N3O3. The highest BCUT2D eigenvalue weighted by Crippen LogP contribution is 2.76. The minimum Gasteiger partial charge on any atom is -0.390 e. The third-order valence-electron chi connectivity index (χ3n) is 11.3. The summed E-state index contributed by atoms with van der Waals surface area (Å²) in [7, 11) is 1.85. The first-order valence-corrected chi connectivity index (χ1v) is 13.4. The Morgan fingerprint density at radius 2 is 2.06 bits per heavy atom. The van der Waals surface area contributed by atoms with Crippen LogP contribution in [-0.4, -0.2) is 40.0 Å². The first-order chi connectivity index (χ1) is 16.2. The second kappa shape index (κ2) is 7.64. The quantitative estimate of drug-likeness (QED) is 0.704. The summed E-state index contributed by atoms with van der Waals surface area (Å²) in [5.41, 5.74) is 0.247. The van der Waals surface area contributed by atoms with Crippen LogP contribution < -0.4 is 0 Å². The van der Waals surface area contributed by atoms with Gasteiger partial charge in [0.2, 0.25) is 0 Å². The summed E-state index contributed by atoms with van der Waals surface area (Å²) in [6.45, 7) is 5.55. The molecule has 1 heterocycles. The van der Waals surface area contributed by atoms with E-state index in [4.69, 9.17) is 10.00 Å². The zero-order valence-corrected chi connectivity index (χ0v) is 20.9. The van der Waals surface area contributed by atoms with Crippen molar-refractivity contribution in [3.05, 3.63) is 18.0 Å². The van der Waals surface area contributed by atoms with Crippen LogP contribution in [0.2, 0.25) is 0 Å². The van der Waals surface area contributed by atoms with E-state index in [1.165, 1.54) is 25.7 Å². The van der Waals surface area contributed by atoms with E-state index >= 15 is 0 Å². The van der Waals surface area contributed by atoms with Gasteiger partial charge in [-0.15, -0.1) is 0 Å². The summed E-state index contributed by atoms with van der Waals surface area (Å²) >= 11 is 0. The molecule has 0 bridgehead atoms. The molecule has 2 unspecified atom stereocenters. The maximum Gasteiger partial charge on any atom is 0.158 e. The number of Topliss-reactive ketones (excluding diaryl/α,β-unsaturated/α-hetero) is 1. The minimum absolute atomic E-state index is 0.0816. The van der Waals surface area contributed by atoms with Crippen LogP contribution in [0.1, 0.15) is 70.8 Å². The third-order valence-corrected chi connectivity index (χ3v) is 11.3. The van der Waals surface area contributed by atoms with Crippen molar-refractivity contribution >= 4 is 5.78 Å². The van der Waals surface area contributed by atoms with Crippen LogP contribution in [-0.2, 0) is 16.1 Å². The number of hydrogen-bond acceptors (Lipinski definition) is 5. The number of fused-ring (bicyclic) bond motifs is 7. The van der Waals surface area contributed by atoms with E-state index < -0.39 is 5.60 Å². The SMILES string of the molecule is COC[C@]12CC[C@@](C)(O)C[C@H]1CC[C@H]1[C@@H]3C4CC4[C@H](C(=O)Cn4cc(C#N)cn4)[C@@]3(C)CC[C@@H]12. The van der Waals surface area contributed by atoms with Gasteiger partial charge >= 0.3 is 0 Å². The molecule has 5 aliphatic carbocycles.